The summed E-state index contributed by atoms with van der Waals surface area (Å²) in [5, 5.41) is 0. The van der Waals surface area contributed by atoms with Crippen LogP contribution in [-0.2, 0) is 19.1 Å². The molecule has 4 aliphatic rings. The first-order valence-corrected chi connectivity index (χ1v) is 10.1. The highest BCUT2D eigenvalue weighted by Crippen LogP contribution is 2.69. The Kier molecular flexibility index (Phi) is 3.88. The van der Waals surface area contributed by atoms with Gasteiger partial charge in [0.15, 0.2) is 0 Å². The van der Waals surface area contributed by atoms with Crippen molar-refractivity contribution in [1.29, 1.82) is 0 Å². The van der Waals surface area contributed by atoms with E-state index < -0.39 is 0 Å². The number of rotatable bonds is 1. The van der Waals surface area contributed by atoms with E-state index in [1.165, 1.54) is 26.2 Å². The van der Waals surface area contributed by atoms with Crippen LogP contribution in [0.2, 0.25) is 0 Å². The van der Waals surface area contributed by atoms with Crippen molar-refractivity contribution in [1.82, 2.24) is 0 Å². The van der Waals surface area contributed by atoms with Gasteiger partial charge in [0.1, 0.15) is 6.10 Å². The van der Waals surface area contributed by atoms with Gasteiger partial charge in [-0.15, -0.1) is 0 Å². The predicted molar refractivity (Wildman–Crippen MR) is 98.1 cm³/mol. The van der Waals surface area contributed by atoms with Crippen molar-refractivity contribution in [2.75, 3.05) is 6.61 Å². The zero-order chi connectivity index (χ0) is 18.9. The fourth-order valence-corrected chi connectivity index (χ4v) is 7.40. The van der Waals surface area contributed by atoms with Crippen LogP contribution in [0.4, 0.5) is 0 Å². The molecule has 144 valence electrons. The lowest BCUT2D eigenvalue weighted by Crippen LogP contribution is -2.64. The number of carbonyl (C=O) groups is 2. The molecule has 0 radical (unpaired) electrons. The summed E-state index contributed by atoms with van der Waals surface area (Å²) >= 11 is 0. The van der Waals surface area contributed by atoms with E-state index in [-0.39, 0.29) is 40.2 Å². The van der Waals surface area contributed by atoms with E-state index in [2.05, 4.69) is 33.8 Å². The smallest absolute Gasteiger partial charge is 0.334 e. The third kappa shape index (κ3) is 2.26. The summed E-state index contributed by atoms with van der Waals surface area (Å²) < 4.78 is 11.4. The van der Waals surface area contributed by atoms with Crippen LogP contribution in [-0.4, -0.2) is 24.6 Å². The zero-order valence-electron chi connectivity index (χ0n) is 16.8. The number of fused-ring (bicyclic) bond motifs is 5. The lowest BCUT2D eigenvalue weighted by molar-refractivity contribution is -0.214. The van der Waals surface area contributed by atoms with Crippen LogP contribution in [0.25, 0.3) is 0 Å². The van der Waals surface area contributed by atoms with Crippen molar-refractivity contribution in [3.8, 4) is 0 Å². The molecule has 3 aliphatic carbocycles. The summed E-state index contributed by atoms with van der Waals surface area (Å²) in [6, 6.07) is 0. The molecule has 6 atom stereocenters. The summed E-state index contributed by atoms with van der Waals surface area (Å²) in [4.78, 5) is 24.2. The molecule has 0 aromatic rings. The molecule has 4 heteroatoms. The quantitative estimate of drug-likeness (QED) is 0.655. The first-order valence-electron chi connectivity index (χ1n) is 10.1. The minimum Gasteiger partial charge on any atom is -0.462 e. The van der Waals surface area contributed by atoms with E-state index in [0.717, 1.165) is 18.4 Å². The standard InChI is InChI=1S/C22H32O4/c1-13(23)26-18-11-17-20(2,3)9-6-10-21(17,4)16-8-7-14-15(22(16,18)5)12-25-19(14)24/h7,15-18H,6,8-12H2,1-5H3. The number of hydrogen-bond acceptors (Lipinski definition) is 4. The minimum atomic E-state index is -0.236. The molecule has 4 nitrogen and oxygen atoms in total. The molecule has 2 saturated carbocycles. The van der Waals surface area contributed by atoms with Gasteiger partial charge in [0.2, 0.25) is 0 Å². The summed E-state index contributed by atoms with van der Waals surface area (Å²) in [6.07, 6.45) is 7.47. The first kappa shape index (κ1) is 18.1. The number of cyclic esters (lactones) is 1. The van der Waals surface area contributed by atoms with Crippen molar-refractivity contribution < 1.29 is 19.1 Å². The molecule has 0 amide bonds. The molecule has 1 heterocycles. The van der Waals surface area contributed by atoms with E-state index in [1.54, 1.807) is 0 Å². The number of carbonyl (C=O) groups excluding carboxylic acids is 2. The fraction of sp³-hybridized carbons (Fsp3) is 0.818. The highest BCUT2D eigenvalue weighted by molar-refractivity contribution is 5.91. The van der Waals surface area contributed by atoms with Gasteiger partial charge in [-0.2, -0.15) is 0 Å². The van der Waals surface area contributed by atoms with Crippen molar-refractivity contribution in [3.05, 3.63) is 11.6 Å². The van der Waals surface area contributed by atoms with Gasteiger partial charge in [0, 0.05) is 23.8 Å². The Morgan fingerprint density at radius 3 is 2.62 bits per heavy atom. The lowest BCUT2D eigenvalue weighted by Gasteiger charge is -2.66. The predicted octanol–water partition coefficient (Wildman–Crippen LogP) is 4.28. The number of ether oxygens (including phenoxy) is 2. The first-order chi connectivity index (χ1) is 12.1. The summed E-state index contributed by atoms with van der Waals surface area (Å²) in [5.74, 6) is 0.585. The van der Waals surface area contributed by atoms with Gasteiger partial charge in [-0.1, -0.05) is 40.2 Å². The van der Waals surface area contributed by atoms with Crippen LogP contribution in [0.15, 0.2) is 11.6 Å². The largest absolute Gasteiger partial charge is 0.462 e. The maximum absolute atomic E-state index is 12.2. The Labute approximate surface area is 156 Å². The Balaban J connectivity index is 1.83. The van der Waals surface area contributed by atoms with Crippen molar-refractivity contribution in [2.45, 2.75) is 72.8 Å². The van der Waals surface area contributed by atoms with E-state index in [4.69, 9.17) is 9.47 Å². The Morgan fingerprint density at radius 1 is 1.19 bits per heavy atom. The summed E-state index contributed by atoms with van der Waals surface area (Å²) in [6.45, 7) is 11.4. The van der Waals surface area contributed by atoms with Gasteiger partial charge >= 0.3 is 11.9 Å². The Hall–Kier alpha value is -1.32. The van der Waals surface area contributed by atoms with Crippen LogP contribution in [0.5, 0.6) is 0 Å². The van der Waals surface area contributed by atoms with Crippen molar-refractivity contribution in [3.63, 3.8) is 0 Å². The van der Waals surface area contributed by atoms with E-state index >= 15 is 0 Å². The Bertz CT molecular complexity index is 678. The molecule has 26 heavy (non-hydrogen) atoms. The molecule has 1 saturated heterocycles. The monoisotopic (exact) mass is 360 g/mol. The molecule has 0 aromatic carbocycles. The fourth-order valence-electron chi connectivity index (χ4n) is 7.40. The second-order valence-electron chi connectivity index (χ2n) is 10.2. The van der Waals surface area contributed by atoms with Crippen LogP contribution in [0.3, 0.4) is 0 Å². The van der Waals surface area contributed by atoms with Crippen LogP contribution in [0, 0.1) is 34.0 Å². The van der Waals surface area contributed by atoms with Gasteiger partial charge < -0.3 is 9.47 Å². The van der Waals surface area contributed by atoms with Crippen molar-refractivity contribution >= 4 is 11.9 Å². The van der Waals surface area contributed by atoms with Crippen LogP contribution >= 0.6 is 0 Å². The molecular formula is C22H32O4. The molecule has 0 bridgehead atoms. The van der Waals surface area contributed by atoms with E-state index in [1.807, 2.05) is 0 Å². The maximum Gasteiger partial charge on any atom is 0.334 e. The molecule has 3 fully saturated rings. The van der Waals surface area contributed by atoms with Gasteiger partial charge in [-0.05, 0) is 48.3 Å². The second kappa shape index (κ2) is 5.59. The van der Waals surface area contributed by atoms with Crippen LogP contribution in [0.1, 0.15) is 66.7 Å². The van der Waals surface area contributed by atoms with Gasteiger partial charge in [-0.25, -0.2) is 4.79 Å². The third-order valence-corrected chi connectivity index (χ3v) is 8.59. The summed E-state index contributed by atoms with van der Waals surface area (Å²) in [5.41, 5.74) is 1.04. The van der Waals surface area contributed by atoms with Gasteiger partial charge in [-0.3, -0.25) is 4.79 Å². The van der Waals surface area contributed by atoms with Gasteiger partial charge in [0.05, 0.1) is 6.61 Å². The highest BCUT2D eigenvalue weighted by Gasteiger charge is 2.67. The van der Waals surface area contributed by atoms with E-state index in [9.17, 15) is 9.59 Å². The van der Waals surface area contributed by atoms with Gasteiger partial charge in [0.25, 0.3) is 0 Å². The molecule has 0 N–H and O–H groups in total. The lowest BCUT2D eigenvalue weighted by atomic mass is 9.39. The summed E-state index contributed by atoms with van der Waals surface area (Å²) in [7, 11) is 0. The number of allylic oxidation sites excluding steroid dienone is 1. The SMILES string of the molecule is CC(=O)OC1CC2C(C)(C)CCCC2(C)C2CC=C3C(=O)OCC3C12C. The van der Waals surface area contributed by atoms with Crippen LogP contribution < -0.4 is 0 Å². The molecule has 6 unspecified atom stereocenters. The molecule has 0 spiro atoms. The normalized spacial score (nSPS) is 46.3. The topological polar surface area (TPSA) is 52.6 Å². The van der Waals surface area contributed by atoms with Crippen molar-refractivity contribution in [2.24, 2.45) is 34.0 Å². The zero-order valence-corrected chi connectivity index (χ0v) is 16.8. The molecule has 4 rings (SSSR count). The number of hydrogen-bond donors (Lipinski definition) is 0. The molecule has 0 aromatic heterocycles. The second-order valence-corrected chi connectivity index (χ2v) is 10.2. The molecular weight excluding hydrogens is 328 g/mol. The number of esters is 2. The van der Waals surface area contributed by atoms with E-state index in [0.29, 0.717) is 18.4 Å². The average molecular weight is 360 g/mol. The maximum atomic E-state index is 12.2. The highest BCUT2D eigenvalue weighted by atomic mass is 16.5. The average Bonchev–Trinajstić information content (AvgIpc) is 2.91. The minimum absolute atomic E-state index is 0.0425. The molecule has 1 aliphatic heterocycles. The Morgan fingerprint density at radius 2 is 1.92 bits per heavy atom. The third-order valence-electron chi connectivity index (χ3n) is 8.59.